The van der Waals surface area contributed by atoms with E-state index >= 15 is 0 Å². The van der Waals surface area contributed by atoms with E-state index in [4.69, 9.17) is 26.2 Å². The first-order chi connectivity index (χ1) is 15.5. The number of carbonyl (C=O) groups is 1. The summed E-state index contributed by atoms with van der Waals surface area (Å²) >= 11 is 6.16. The molecule has 2 aromatic rings. The molecule has 7 nitrogen and oxygen atoms in total. The van der Waals surface area contributed by atoms with Gasteiger partial charge in [-0.25, -0.2) is 9.79 Å². The molecule has 2 heterocycles. The molecule has 4 rings (SSSR count). The Labute approximate surface area is 191 Å². The van der Waals surface area contributed by atoms with Crippen molar-refractivity contribution >= 4 is 28.5 Å². The Morgan fingerprint density at radius 3 is 2.56 bits per heavy atom. The minimum Gasteiger partial charge on any atom is -0.497 e. The Kier molecular flexibility index (Phi) is 6.87. The second kappa shape index (κ2) is 9.97. The fourth-order valence-electron chi connectivity index (χ4n) is 3.88. The highest BCUT2D eigenvalue weighted by Gasteiger charge is 2.43. The van der Waals surface area contributed by atoms with E-state index in [-0.39, 0.29) is 10.7 Å². The van der Waals surface area contributed by atoms with Gasteiger partial charge in [0.25, 0.3) is 0 Å². The first kappa shape index (κ1) is 22.0. The number of allylic oxidation sites excluding steroid dienone is 1. The van der Waals surface area contributed by atoms with Gasteiger partial charge in [0, 0.05) is 6.42 Å². The second-order valence-electron chi connectivity index (χ2n) is 7.57. The Morgan fingerprint density at radius 1 is 1.12 bits per heavy atom. The maximum atomic E-state index is 11.9. The average molecular weight is 454 g/mol. The van der Waals surface area contributed by atoms with Gasteiger partial charge in [0.2, 0.25) is 0 Å². The normalized spacial score (nSPS) is 19.7. The van der Waals surface area contributed by atoms with Gasteiger partial charge >= 0.3 is 5.97 Å². The third kappa shape index (κ3) is 5.00. The molecule has 0 fully saturated rings. The molecule has 0 amide bonds. The van der Waals surface area contributed by atoms with E-state index in [1.54, 1.807) is 12.1 Å². The predicted octanol–water partition coefficient (Wildman–Crippen LogP) is 4.08. The Morgan fingerprint density at radius 2 is 1.88 bits per heavy atom. The number of benzene rings is 2. The van der Waals surface area contributed by atoms with E-state index in [0.29, 0.717) is 26.2 Å². The summed E-state index contributed by atoms with van der Waals surface area (Å²) in [6, 6.07) is 17.6. The summed E-state index contributed by atoms with van der Waals surface area (Å²) in [5, 5.41) is 16.5. The molecule has 2 atom stereocenters. The van der Waals surface area contributed by atoms with Crippen LogP contribution >= 0.6 is 11.6 Å². The van der Waals surface area contributed by atoms with Crippen molar-refractivity contribution in [1.29, 1.82) is 0 Å². The molecule has 0 aliphatic carbocycles. The van der Waals surface area contributed by atoms with Gasteiger partial charge in [0.1, 0.15) is 10.9 Å². The molecule has 0 aromatic heterocycles. The van der Waals surface area contributed by atoms with E-state index in [9.17, 15) is 9.90 Å². The molecule has 2 aliphatic rings. The van der Waals surface area contributed by atoms with Crippen LogP contribution < -0.4 is 4.74 Å². The summed E-state index contributed by atoms with van der Waals surface area (Å²) in [5.74, 6) is -0.714. The molecule has 166 valence electrons. The number of rotatable bonds is 9. The maximum absolute atomic E-state index is 11.9. The van der Waals surface area contributed by atoms with Crippen LogP contribution in [-0.4, -0.2) is 46.8 Å². The standard InChI is InChI=1S/C24H24ClN3O4/c1-31-18-9-7-16(8-10-18)14-28-23-22(19(24(29)30)13-21(25)26-23)20(27-28)11-12-32-15-17-5-3-2-4-6-17/h2-10,13,22-23H,11-12,14-15H2,1H3,(H,29,30). The Hall–Kier alpha value is -3.16. The number of aliphatic imine (C=N–C) groups is 1. The molecule has 2 unspecified atom stereocenters. The zero-order valence-electron chi connectivity index (χ0n) is 17.6. The summed E-state index contributed by atoms with van der Waals surface area (Å²) in [5.41, 5.74) is 3.03. The van der Waals surface area contributed by atoms with Crippen LogP contribution in [0.2, 0.25) is 0 Å². The van der Waals surface area contributed by atoms with Crippen LogP contribution in [0.15, 0.2) is 76.3 Å². The summed E-state index contributed by atoms with van der Waals surface area (Å²) in [6.45, 7) is 1.39. The first-order valence-corrected chi connectivity index (χ1v) is 10.7. The predicted molar refractivity (Wildman–Crippen MR) is 123 cm³/mol. The number of carboxylic acids is 1. The van der Waals surface area contributed by atoms with Gasteiger partial charge in [-0.05, 0) is 29.3 Å². The zero-order valence-corrected chi connectivity index (χ0v) is 18.4. The number of hydrogen-bond acceptors (Lipinski definition) is 6. The fraction of sp³-hybridized carbons (Fsp3) is 0.292. The lowest BCUT2D eigenvalue weighted by Crippen LogP contribution is -2.37. The third-order valence-corrected chi connectivity index (χ3v) is 5.66. The van der Waals surface area contributed by atoms with Crippen molar-refractivity contribution < 1.29 is 19.4 Å². The maximum Gasteiger partial charge on any atom is 0.332 e. The number of nitrogens with zero attached hydrogens (tertiary/aromatic N) is 3. The number of carboxylic acid groups (broad SMARTS) is 1. The molecule has 0 bridgehead atoms. The molecular formula is C24H24ClN3O4. The van der Waals surface area contributed by atoms with Crippen LogP contribution in [0.3, 0.4) is 0 Å². The minimum absolute atomic E-state index is 0.167. The van der Waals surface area contributed by atoms with Crippen molar-refractivity contribution in [2.75, 3.05) is 13.7 Å². The van der Waals surface area contributed by atoms with Crippen molar-refractivity contribution in [1.82, 2.24) is 5.01 Å². The fourth-order valence-corrected chi connectivity index (χ4v) is 4.10. The van der Waals surface area contributed by atoms with Crippen LogP contribution in [0.1, 0.15) is 17.5 Å². The highest BCUT2D eigenvalue weighted by molar-refractivity contribution is 6.68. The molecule has 0 saturated heterocycles. The lowest BCUT2D eigenvalue weighted by atomic mass is 9.88. The SMILES string of the molecule is COc1ccc(CN2N=C(CCOCc3ccccc3)C3C(C(=O)O)=CC(Cl)=NC32)cc1. The van der Waals surface area contributed by atoms with Crippen LogP contribution in [0.4, 0.5) is 0 Å². The summed E-state index contributed by atoms with van der Waals surface area (Å²) < 4.78 is 11.0. The van der Waals surface area contributed by atoms with Crippen LogP contribution in [0.25, 0.3) is 0 Å². The highest BCUT2D eigenvalue weighted by Crippen LogP contribution is 2.35. The topological polar surface area (TPSA) is 83.7 Å². The summed E-state index contributed by atoms with van der Waals surface area (Å²) in [4.78, 5) is 16.4. The Bertz CT molecular complexity index is 1050. The summed E-state index contributed by atoms with van der Waals surface area (Å²) in [6.07, 6.45) is 1.43. The Balaban J connectivity index is 1.50. The highest BCUT2D eigenvalue weighted by atomic mass is 35.5. The van der Waals surface area contributed by atoms with Gasteiger partial charge in [0.05, 0.1) is 44.1 Å². The van der Waals surface area contributed by atoms with Gasteiger partial charge in [0.15, 0.2) is 6.17 Å². The van der Waals surface area contributed by atoms with Crippen molar-refractivity contribution in [3.63, 3.8) is 0 Å². The van der Waals surface area contributed by atoms with Crippen LogP contribution in [-0.2, 0) is 22.7 Å². The largest absolute Gasteiger partial charge is 0.497 e. The van der Waals surface area contributed by atoms with Gasteiger partial charge < -0.3 is 14.6 Å². The van der Waals surface area contributed by atoms with Crippen molar-refractivity contribution in [2.45, 2.75) is 25.7 Å². The molecular weight excluding hydrogens is 430 g/mol. The minimum atomic E-state index is -1.02. The third-order valence-electron chi connectivity index (χ3n) is 5.45. The zero-order chi connectivity index (χ0) is 22.5. The molecule has 0 spiro atoms. The van der Waals surface area contributed by atoms with Crippen molar-refractivity contribution in [2.24, 2.45) is 16.0 Å². The number of hydrogen-bond donors (Lipinski definition) is 1. The number of hydrazone groups is 1. The monoisotopic (exact) mass is 453 g/mol. The molecule has 2 aromatic carbocycles. The van der Waals surface area contributed by atoms with Gasteiger partial charge in [-0.2, -0.15) is 5.10 Å². The number of aliphatic carboxylic acids is 1. The molecule has 0 radical (unpaired) electrons. The van der Waals surface area contributed by atoms with Crippen molar-refractivity contribution in [3.05, 3.63) is 77.4 Å². The number of fused-ring (bicyclic) bond motifs is 1. The molecule has 32 heavy (non-hydrogen) atoms. The second-order valence-corrected chi connectivity index (χ2v) is 7.96. The molecule has 0 saturated carbocycles. The van der Waals surface area contributed by atoms with E-state index < -0.39 is 18.1 Å². The van der Waals surface area contributed by atoms with E-state index in [0.717, 1.165) is 22.6 Å². The van der Waals surface area contributed by atoms with E-state index in [1.165, 1.54) is 6.08 Å². The van der Waals surface area contributed by atoms with Crippen LogP contribution in [0, 0.1) is 5.92 Å². The number of dihydropyridines is 1. The van der Waals surface area contributed by atoms with Gasteiger partial charge in [-0.3, -0.25) is 5.01 Å². The average Bonchev–Trinajstić information content (AvgIpc) is 3.14. The lowest BCUT2D eigenvalue weighted by Gasteiger charge is -2.28. The van der Waals surface area contributed by atoms with Gasteiger partial charge in [-0.15, -0.1) is 0 Å². The number of ether oxygens (including phenoxy) is 2. The molecule has 2 aliphatic heterocycles. The quantitative estimate of drug-likeness (QED) is 0.578. The van der Waals surface area contributed by atoms with E-state index in [2.05, 4.69) is 4.99 Å². The van der Waals surface area contributed by atoms with Crippen LogP contribution in [0.5, 0.6) is 5.75 Å². The number of methoxy groups -OCH3 is 1. The van der Waals surface area contributed by atoms with Gasteiger partial charge in [-0.1, -0.05) is 54.1 Å². The number of halogens is 1. The smallest absolute Gasteiger partial charge is 0.332 e. The van der Waals surface area contributed by atoms with E-state index in [1.807, 2.05) is 54.6 Å². The first-order valence-electron chi connectivity index (χ1n) is 10.3. The molecule has 1 N–H and O–H groups in total. The molecule has 8 heteroatoms. The van der Waals surface area contributed by atoms with Crippen molar-refractivity contribution in [3.8, 4) is 5.75 Å². The lowest BCUT2D eigenvalue weighted by molar-refractivity contribution is -0.133. The summed E-state index contributed by atoms with van der Waals surface area (Å²) in [7, 11) is 1.62.